The SMILES string of the molecule is COc1cc(C)ccc1OCCNC1CCCC1. The third kappa shape index (κ3) is 3.64. The summed E-state index contributed by atoms with van der Waals surface area (Å²) in [4.78, 5) is 0. The Hall–Kier alpha value is -1.22. The summed E-state index contributed by atoms with van der Waals surface area (Å²) in [5.41, 5.74) is 1.18. The van der Waals surface area contributed by atoms with Gasteiger partial charge < -0.3 is 14.8 Å². The molecule has 1 aliphatic rings. The maximum absolute atomic E-state index is 5.76. The third-order valence-corrected chi connectivity index (χ3v) is 3.47. The number of methoxy groups -OCH3 is 1. The van der Waals surface area contributed by atoms with E-state index in [0.717, 1.165) is 18.0 Å². The van der Waals surface area contributed by atoms with E-state index in [4.69, 9.17) is 9.47 Å². The van der Waals surface area contributed by atoms with Crippen LogP contribution in [0.4, 0.5) is 0 Å². The third-order valence-electron chi connectivity index (χ3n) is 3.47. The van der Waals surface area contributed by atoms with Gasteiger partial charge in [-0.15, -0.1) is 0 Å². The average Bonchev–Trinajstić information content (AvgIpc) is 2.89. The molecule has 0 bridgehead atoms. The highest BCUT2D eigenvalue weighted by Crippen LogP contribution is 2.27. The Kier molecular flexibility index (Phi) is 4.88. The van der Waals surface area contributed by atoms with Crippen molar-refractivity contribution in [2.75, 3.05) is 20.3 Å². The number of hydrogen-bond acceptors (Lipinski definition) is 3. The van der Waals surface area contributed by atoms with Gasteiger partial charge in [0.15, 0.2) is 11.5 Å². The number of ether oxygens (including phenoxy) is 2. The lowest BCUT2D eigenvalue weighted by Gasteiger charge is -2.14. The summed E-state index contributed by atoms with van der Waals surface area (Å²) in [5, 5.41) is 3.53. The van der Waals surface area contributed by atoms with E-state index in [2.05, 4.69) is 5.32 Å². The maximum Gasteiger partial charge on any atom is 0.161 e. The monoisotopic (exact) mass is 249 g/mol. The molecule has 1 aliphatic carbocycles. The summed E-state index contributed by atoms with van der Waals surface area (Å²) in [7, 11) is 1.68. The zero-order chi connectivity index (χ0) is 12.8. The van der Waals surface area contributed by atoms with E-state index in [1.54, 1.807) is 7.11 Å². The second kappa shape index (κ2) is 6.64. The molecule has 3 heteroatoms. The predicted molar refractivity (Wildman–Crippen MR) is 73.5 cm³/mol. The van der Waals surface area contributed by atoms with Gasteiger partial charge in [0.05, 0.1) is 7.11 Å². The minimum atomic E-state index is 0.690. The lowest BCUT2D eigenvalue weighted by Crippen LogP contribution is -2.30. The van der Waals surface area contributed by atoms with Crippen LogP contribution in [0.5, 0.6) is 11.5 Å². The zero-order valence-corrected chi connectivity index (χ0v) is 11.4. The molecule has 0 radical (unpaired) electrons. The fraction of sp³-hybridized carbons (Fsp3) is 0.600. The fourth-order valence-electron chi connectivity index (χ4n) is 2.45. The summed E-state index contributed by atoms with van der Waals surface area (Å²) in [5.74, 6) is 1.65. The largest absolute Gasteiger partial charge is 0.493 e. The molecule has 0 saturated heterocycles. The van der Waals surface area contributed by atoms with Crippen LogP contribution in [-0.2, 0) is 0 Å². The summed E-state index contributed by atoms with van der Waals surface area (Å²) in [6.07, 6.45) is 5.36. The molecule has 0 aliphatic heterocycles. The van der Waals surface area contributed by atoms with E-state index in [1.165, 1.54) is 31.2 Å². The van der Waals surface area contributed by atoms with E-state index in [-0.39, 0.29) is 0 Å². The quantitative estimate of drug-likeness (QED) is 0.786. The second-order valence-corrected chi connectivity index (χ2v) is 4.94. The van der Waals surface area contributed by atoms with E-state index >= 15 is 0 Å². The van der Waals surface area contributed by atoms with Crippen molar-refractivity contribution < 1.29 is 9.47 Å². The van der Waals surface area contributed by atoms with Gasteiger partial charge in [0, 0.05) is 12.6 Å². The van der Waals surface area contributed by atoms with Crippen LogP contribution in [0.25, 0.3) is 0 Å². The Morgan fingerprint density at radius 1 is 1.22 bits per heavy atom. The van der Waals surface area contributed by atoms with Crippen LogP contribution in [0.2, 0.25) is 0 Å². The molecule has 100 valence electrons. The van der Waals surface area contributed by atoms with Crippen molar-refractivity contribution in [2.45, 2.75) is 38.6 Å². The molecule has 0 spiro atoms. The van der Waals surface area contributed by atoms with Gasteiger partial charge in [-0.05, 0) is 37.5 Å². The highest BCUT2D eigenvalue weighted by molar-refractivity contribution is 5.42. The molecule has 1 fully saturated rings. The Morgan fingerprint density at radius 2 is 2.00 bits per heavy atom. The normalized spacial score (nSPS) is 15.9. The number of rotatable bonds is 6. The first-order chi connectivity index (χ1) is 8.79. The van der Waals surface area contributed by atoms with E-state index < -0.39 is 0 Å². The first-order valence-electron chi connectivity index (χ1n) is 6.80. The first kappa shape index (κ1) is 13.2. The molecule has 0 atom stereocenters. The average molecular weight is 249 g/mol. The van der Waals surface area contributed by atoms with Crippen molar-refractivity contribution in [3.8, 4) is 11.5 Å². The van der Waals surface area contributed by atoms with Gasteiger partial charge in [-0.1, -0.05) is 18.9 Å². The van der Waals surface area contributed by atoms with Gasteiger partial charge in [0.1, 0.15) is 6.61 Å². The molecule has 2 rings (SSSR count). The summed E-state index contributed by atoms with van der Waals surface area (Å²) in [6, 6.07) is 6.72. The molecule has 1 aromatic rings. The standard InChI is InChI=1S/C15H23NO2/c1-12-7-8-14(15(11-12)17-2)18-10-9-16-13-5-3-4-6-13/h7-8,11,13,16H,3-6,9-10H2,1-2H3. The Labute approximate surface area is 109 Å². The summed E-state index contributed by atoms with van der Waals surface area (Å²) in [6.45, 7) is 3.64. The number of nitrogens with one attached hydrogen (secondary N) is 1. The minimum absolute atomic E-state index is 0.690. The summed E-state index contributed by atoms with van der Waals surface area (Å²) < 4.78 is 11.1. The molecular formula is C15H23NO2. The molecule has 1 saturated carbocycles. The highest BCUT2D eigenvalue weighted by atomic mass is 16.5. The molecule has 0 amide bonds. The smallest absolute Gasteiger partial charge is 0.161 e. The van der Waals surface area contributed by atoms with Crippen LogP contribution in [0, 0.1) is 6.92 Å². The molecule has 0 heterocycles. The van der Waals surface area contributed by atoms with Crippen LogP contribution in [0.15, 0.2) is 18.2 Å². The molecular weight excluding hydrogens is 226 g/mol. The van der Waals surface area contributed by atoms with E-state index in [1.807, 2.05) is 25.1 Å². The van der Waals surface area contributed by atoms with Crippen LogP contribution in [-0.4, -0.2) is 26.3 Å². The lowest BCUT2D eigenvalue weighted by molar-refractivity contribution is 0.286. The van der Waals surface area contributed by atoms with Crippen LogP contribution in [0.1, 0.15) is 31.2 Å². The van der Waals surface area contributed by atoms with Crippen molar-refractivity contribution in [3.05, 3.63) is 23.8 Å². The van der Waals surface area contributed by atoms with Crippen molar-refractivity contribution in [1.82, 2.24) is 5.32 Å². The fourth-order valence-corrected chi connectivity index (χ4v) is 2.45. The van der Waals surface area contributed by atoms with Crippen molar-refractivity contribution in [3.63, 3.8) is 0 Å². The van der Waals surface area contributed by atoms with Crippen LogP contribution < -0.4 is 14.8 Å². The predicted octanol–water partition coefficient (Wildman–Crippen LogP) is 2.91. The maximum atomic E-state index is 5.76. The molecule has 3 nitrogen and oxygen atoms in total. The first-order valence-corrected chi connectivity index (χ1v) is 6.80. The van der Waals surface area contributed by atoms with Crippen molar-refractivity contribution >= 4 is 0 Å². The number of benzene rings is 1. The van der Waals surface area contributed by atoms with Gasteiger partial charge >= 0.3 is 0 Å². The van der Waals surface area contributed by atoms with Crippen molar-refractivity contribution in [2.24, 2.45) is 0 Å². The molecule has 1 N–H and O–H groups in total. The van der Waals surface area contributed by atoms with E-state index in [9.17, 15) is 0 Å². The van der Waals surface area contributed by atoms with E-state index in [0.29, 0.717) is 12.6 Å². The van der Waals surface area contributed by atoms with Gasteiger partial charge in [-0.2, -0.15) is 0 Å². The Bertz CT molecular complexity index is 373. The topological polar surface area (TPSA) is 30.5 Å². The number of aryl methyl sites for hydroxylation is 1. The van der Waals surface area contributed by atoms with Crippen molar-refractivity contribution in [1.29, 1.82) is 0 Å². The molecule has 1 aromatic carbocycles. The minimum Gasteiger partial charge on any atom is -0.493 e. The number of hydrogen-bond donors (Lipinski definition) is 1. The van der Waals surface area contributed by atoms with Gasteiger partial charge in [-0.3, -0.25) is 0 Å². The molecule has 0 unspecified atom stereocenters. The highest BCUT2D eigenvalue weighted by Gasteiger charge is 2.13. The Morgan fingerprint density at radius 3 is 2.72 bits per heavy atom. The van der Waals surface area contributed by atoms with Gasteiger partial charge in [0.2, 0.25) is 0 Å². The van der Waals surface area contributed by atoms with Crippen LogP contribution in [0.3, 0.4) is 0 Å². The molecule has 0 aromatic heterocycles. The molecule has 18 heavy (non-hydrogen) atoms. The van der Waals surface area contributed by atoms with Gasteiger partial charge in [-0.25, -0.2) is 0 Å². The lowest BCUT2D eigenvalue weighted by atomic mass is 10.2. The second-order valence-electron chi connectivity index (χ2n) is 4.94. The zero-order valence-electron chi connectivity index (χ0n) is 11.4. The summed E-state index contributed by atoms with van der Waals surface area (Å²) >= 11 is 0. The Balaban J connectivity index is 1.75. The van der Waals surface area contributed by atoms with Gasteiger partial charge in [0.25, 0.3) is 0 Å². The van der Waals surface area contributed by atoms with Crippen LogP contribution >= 0.6 is 0 Å².